The highest BCUT2D eigenvalue weighted by Gasteiger charge is 2.14. The first-order valence-electron chi connectivity index (χ1n) is 5.59. The van der Waals surface area contributed by atoms with Crippen molar-refractivity contribution in [2.24, 2.45) is 0 Å². The Morgan fingerprint density at radius 3 is 2.18 bits per heavy atom. The Labute approximate surface area is 112 Å². The first-order chi connectivity index (χ1) is 7.83. The van der Waals surface area contributed by atoms with Crippen LogP contribution in [0.1, 0.15) is 31.9 Å². The van der Waals surface area contributed by atoms with Crippen LogP contribution in [0.2, 0.25) is 0 Å². The van der Waals surface area contributed by atoms with Crippen molar-refractivity contribution < 1.29 is 0 Å². The fraction of sp³-hybridized carbons (Fsp3) is 0.357. The molecule has 0 atom stereocenters. The highest BCUT2D eigenvalue weighted by molar-refractivity contribution is 9.12. The number of nitrogens with one attached hydrogen (secondary N) is 2. The van der Waals surface area contributed by atoms with Gasteiger partial charge in [0.1, 0.15) is 0 Å². The van der Waals surface area contributed by atoms with Crippen LogP contribution < -0.4 is 5.32 Å². The van der Waals surface area contributed by atoms with Crippen LogP contribution in [0.4, 0.5) is 0 Å². The SMILES string of the molecule is Cc1ccc(/C(NC(C)(C)C)=C(\Br)C=N)cc1. The lowest BCUT2D eigenvalue weighted by Crippen LogP contribution is -2.34. The Morgan fingerprint density at radius 1 is 1.24 bits per heavy atom. The van der Waals surface area contributed by atoms with E-state index in [1.165, 1.54) is 11.8 Å². The molecule has 0 radical (unpaired) electrons. The van der Waals surface area contributed by atoms with Gasteiger partial charge >= 0.3 is 0 Å². The molecule has 0 heterocycles. The summed E-state index contributed by atoms with van der Waals surface area (Å²) in [7, 11) is 0. The van der Waals surface area contributed by atoms with E-state index < -0.39 is 0 Å². The van der Waals surface area contributed by atoms with E-state index >= 15 is 0 Å². The summed E-state index contributed by atoms with van der Waals surface area (Å²) in [6, 6.07) is 8.27. The van der Waals surface area contributed by atoms with Crippen molar-refractivity contribution in [2.75, 3.05) is 0 Å². The number of hydrogen-bond donors (Lipinski definition) is 2. The standard InChI is InChI=1S/C14H19BrN2/c1-10-5-7-11(8-6-10)13(12(15)9-16)17-14(2,3)4/h5-9,16-17H,1-4H3/b13-12+,16-9?. The average Bonchev–Trinajstić information content (AvgIpc) is 2.25. The van der Waals surface area contributed by atoms with Crippen molar-refractivity contribution in [1.29, 1.82) is 5.41 Å². The molecule has 0 saturated heterocycles. The van der Waals surface area contributed by atoms with Crippen LogP contribution in [0.15, 0.2) is 28.7 Å². The zero-order valence-corrected chi connectivity index (χ0v) is 12.4. The van der Waals surface area contributed by atoms with Gasteiger partial charge in [-0.05, 0) is 49.2 Å². The lowest BCUT2D eigenvalue weighted by molar-refractivity contribution is 0.501. The normalized spacial score (nSPS) is 13.0. The predicted molar refractivity (Wildman–Crippen MR) is 78.7 cm³/mol. The van der Waals surface area contributed by atoms with Crippen LogP contribution in [0.5, 0.6) is 0 Å². The highest BCUT2D eigenvalue weighted by atomic mass is 79.9. The summed E-state index contributed by atoms with van der Waals surface area (Å²) < 4.78 is 0.760. The molecule has 0 unspecified atom stereocenters. The molecule has 2 nitrogen and oxygen atoms in total. The third-order valence-corrected chi connectivity index (χ3v) is 2.83. The largest absolute Gasteiger partial charge is 0.379 e. The van der Waals surface area contributed by atoms with Gasteiger partial charge in [0.05, 0.1) is 10.2 Å². The highest BCUT2D eigenvalue weighted by Crippen LogP contribution is 2.22. The Kier molecular flexibility index (Phi) is 4.52. The Bertz CT molecular complexity index is 425. The van der Waals surface area contributed by atoms with Crippen LogP contribution in [0.25, 0.3) is 5.70 Å². The van der Waals surface area contributed by atoms with Crippen molar-refractivity contribution in [3.63, 3.8) is 0 Å². The van der Waals surface area contributed by atoms with Crippen molar-refractivity contribution in [1.82, 2.24) is 5.32 Å². The third-order valence-electron chi connectivity index (χ3n) is 2.21. The topological polar surface area (TPSA) is 35.9 Å². The molecule has 0 aliphatic carbocycles. The number of halogens is 1. The number of aryl methyl sites for hydroxylation is 1. The summed E-state index contributed by atoms with van der Waals surface area (Å²) in [6.07, 6.45) is 1.31. The van der Waals surface area contributed by atoms with Crippen molar-refractivity contribution in [2.45, 2.75) is 33.2 Å². The Morgan fingerprint density at radius 2 is 1.76 bits per heavy atom. The van der Waals surface area contributed by atoms with Crippen LogP contribution in [-0.4, -0.2) is 11.8 Å². The molecule has 3 heteroatoms. The molecule has 1 aromatic carbocycles. The van der Waals surface area contributed by atoms with Gasteiger partial charge in [-0.3, -0.25) is 0 Å². The summed E-state index contributed by atoms with van der Waals surface area (Å²) in [5.74, 6) is 0. The Balaban J connectivity index is 3.17. The molecule has 1 aromatic rings. The van der Waals surface area contributed by atoms with Gasteiger partial charge in [0, 0.05) is 11.8 Å². The molecular formula is C14H19BrN2. The molecule has 0 fully saturated rings. The maximum absolute atomic E-state index is 7.37. The zero-order chi connectivity index (χ0) is 13.1. The minimum atomic E-state index is -0.0394. The third kappa shape index (κ3) is 4.35. The van der Waals surface area contributed by atoms with Crippen molar-refractivity contribution in [3.8, 4) is 0 Å². The molecule has 2 N–H and O–H groups in total. The molecule has 17 heavy (non-hydrogen) atoms. The van der Waals surface area contributed by atoms with Gasteiger partial charge in [0.25, 0.3) is 0 Å². The molecule has 0 aliphatic heterocycles. The van der Waals surface area contributed by atoms with E-state index in [1.807, 2.05) is 0 Å². The van der Waals surface area contributed by atoms with Crippen LogP contribution in [0, 0.1) is 12.3 Å². The van der Waals surface area contributed by atoms with E-state index in [0.717, 1.165) is 15.7 Å². The first kappa shape index (κ1) is 14.0. The second-order valence-corrected chi connectivity index (χ2v) is 5.96. The minimum absolute atomic E-state index is 0.0394. The average molecular weight is 295 g/mol. The lowest BCUT2D eigenvalue weighted by atomic mass is 10.0. The number of allylic oxidation sites excluding steroid dienone is 1. The van der Waals surface area contributed by atoms with Gasteiger partial charge in [-0.15, -0.1) is 0 Å². The predicted octanol–water partition coefficient (Wildman–Crippen LogP) is 4.10. The molecule has 92 valence electrons. The summed E-state index contributed by atoms with van der Waals surface area (Å²) in [4.78, 5) is 0. The Hall–Kier alpha value is -1.09. The van der Waals surface area contributed by atoms with E-state index in [2.05, 4.69) is 73.2 Å². The van der Waals surface area contributed by atoms with Crippen LogP contribution in [-0.2, 0) is 0 Å². The summed E-state index contributed by atoms with van der Waals surface area (Å²) in [6.45, 7) is 8.37. The van der Waals surface area contributed by atoms with E-state index in [-0.39, 0.29) is 5.54 Å². The van der Waals surface area contributed by atoms with Gasteiger partial charge in [-0.2, -0.15) is 0 Å². The van der Waals surface area contributed by atoms with Crippen molar-refractivity contribution >= 4 is 27.8 Å². The van der Waals surface area contributed by atoms with Gasteiger partial charge in [-0.1, -0.05) is 29.8 Å². The van der Waals surface area contributed by atoms with E-state index in [9.17, 15) is 0 Å². The van der Waals surface area contributed by atoms with Gasteiger partial charge in [0.15, 0.2) is 0 Å². The second-order valence-electron chi connectivity index (χ2n) is 5.11. The molecule has 0 aromatic heterocycles. The second kappa shape index (κ2) is 5.50. The minimum Gasteiger partial charge on any atom is -0.379 e. The zero-order valence-electron chi connectivity index (χ0n) is 10.8. The van der Waals surface area contributed by atoms with Crippen LogP contribution in [0.3, 0.4) is 0 Å². The van der Waals surface area contributed by atoms with Gasteiger partial charge < -0.3 is 10.7 Å². The smallest absolute Gasteiger partial charge is 0.0588 e. The fourth-order valence-electron chi connectivity index (χ4n) is 1.44. The molecule has 0 bridgehead atoms. The molecule has 0 amide bonds. The van der Waals surface area contributed by atoms with Gasteiger partial charge in [-0.25, -0.2) is 0 Å². The molecular weight excluding hydrogens is 276 g/mol. The maximum Gasteiger partial charge on any atom is 0.0588 e. The number of benzene rings is 1. The molecule has 0 saturated carbocycles. The van der Waals surface area contributed by atoms with Crippen molar-refractivity contribution in [3.05, 3.63) is 39.9 Å². The quantitative estimate of drug-likeness (QED) is 0.809. The lowest BCUT2D eigenvalue weighted by Gasteiger charge is -2.25. The molecule has 0 aliphatic rings. The summed E-state index contributed by atoms with van der Waals surface area (Å²) in [5, 5.41) is 10.8. The summed E-state index contributed by atoms with van der Waals surface area (Å²) >= 11 is 3.43. The number of hydrogen-bond acceptors (Lipinski definition) is 2. The monoisotopic (exact) mass is 294 g/mol. The van der Waals surface area contributed by atoms with E-state index in [1.54, 1.807) is 0 Å². The fourth-order valence-corrected chi connectivity index (χ4v) is 1.77. The first-order valence-corrected chi connectivity index (χ1v) is 6.38. The van der Waals surface area contributed by atoms with E-state index in [4.69, 9.17) is 5.41 Å². The molecule has 1 rings (SSSR count). The summed E-state index contributed by atoms with van der Waals surface area (Å²) in [5.41, 5.74) is 3.23. The van der Waals surface area contributed by atoms with Gasteiger partial charge in [0.2, 0.25) is 0 Å². The van der Waals surface area contributed by atoms with Crippen LogP contribution >= 0.6 is 15.9 Å². The number of rotatable bonds is 3. The maximum atomic E-state index is 7.37. The molecule has 0 spiro atoms. The van der Waals surface area contributed by atoms with E-state index in [0.29, 0.717) is 0 Å².